The van der Waals surface area contributed by atoms with E-state index in [0.717, 1.165) is 27.7 Å². The molecule has 0 spiro atoms. The minimum Gasteiger partial charge on any atom is -0.494 e. The number of H-pyrrole nitrogens is 1. The van der Waals surface area contributed by atoms with Crippen molar-refractivity contribution in [2.45, 2.75) is 13.8 Å². The number of hydrogen-bond donors (Lipinski definition) is 1. The van der Waals surface area contributed by atoms with Gasteiger partial charge in [-0.05, 0) is 44.2 Å². The Bertz CT molecular complexity index is 1090. The van der Waals surface area contributed by atoms with Gasteiger partial charge >= 0.3 is 0 Å². The molecule has 0 aliphatic rings. The fraction of sp³-hybridized carbons (Fsp3) is 0.158. The lowest BCUT2D eigenvalue weighted by Gasteiger charge is -2.08. The fourth-order valence-corrected chi connectivity index (χ4v) is 3.05. The zero-order valence-electron chi connectivity index (χ0n) is 13.5. The van der Waals surface area contributed by atoms with Gasteiger partial charge in [-0.15, -0.1) is 0 Å². The minimum absolute atomic E-state index is 0.157. The zero-order chi connectivity index (χ0) is 16.7. The summed E-state index contributed by atoms with van der Waals surface area (Å²) in [7, 11) is 0. The highest BCUT2D eigenvalue weighted by Crippen LogP contribution is 2.25. The zero-order valence-corrected chi connectivity index (χ0v) is 13.5. The molecule has 4 rings (SSSR count). The normalized spacial score (nSPS) is 11.2. The predicted octanol–water partition coefficient (Wildman–Crippen LogP) is 3.57. The van der Waals surface area contributed by atoms with Crippen LogP contribution >= 0.6 is 0 Å². The van der Waals surface area contributed by atoms with Crippen LogP contribution in [0, 0.1) is 6.92 Å². The highest BCUT2D eigenvalue weighted by molar-refractivity contribution is 6.07. The molecule has 5 nitrogen and oxygen atoms in total. The molecular formula is C19H17N3O2. The summed E-state index contributed by atoms with van der Waals surface area (Å²) in [4.78, 5) is 16.1. The standard InChI is InChI=1S/C19H17N3O2/c1-3-24-14-10-8-13(9-11-14)22-19(23)18-17(12(2)21-22)15-6-4-5-7-16(15)20-18/h4-11,20H,3H2,1-2H3. The van der Waals surface area contributed by atoms with Crippen LogP contribution in [0.4, 0.5) is 0 Å². The van der Waals surface area contributed by atoms with Crippen molar-refractivity contribution in [1.29, 1.82) is 0 Å². The van der Waals surface area contributed by atoms with E-state index in [4.69, 9.17) is 4.74 Å². The average molecular weight is 319 g/mol. The molecule has 0 aliphatic carbocycles. The first-order chi connectivity index (χ1) is 11.7. The molecule has 0 radical (unpaired) electrons. The molecule has 0 bridgehead atoms. The molecule has 1 N–H and O–H groups in total. The minimum atomic E-state index is -0.157. The molecule has 2 heterocycles. The second-order valence-electron chi connectivity index (χ2n) is 5.65. The Morgan fingerprint density at radius 1 is 1.12 bits per heavy atom. The maximum atomic E-state index is 12.9. The number of fused-ring (bicyclic) bond motifs is 3. The third-order valence-corrected chi connectivity index (χ3v) is 4.12. The van der Waals surface area contributed by atoms with Gasteiger partial charge in [0, 0.05) is 16.3 Å². The maximum Gasteiger partial charge on any atom is 0.295 e. The summed E-state index contributed by atoms with van der Waals surface area (Å²) >= 11 is 0. The summed E-state index contributed by atoms with van der Waals surface area (Å²) < 4.78 is 6.88. The molecule has 2 aromatic heterocycles. The van der Waals surface area contributed by atoms with Crippen molar-refractivity contribution in [1.82, 2.24) is 14.8 Å². The van der Waals surface area contributed by atoms with E-state index in [9.17, 15) is 4.79 Å². The van der Waals surface area contributed by atoms with E-state index >= 15 is 0 Å². The molecule has 4 aromatic rings. The van der Waals surface area contributed by atoms with Crippen LogP contribution in [0.15, 0.2) is 53.3 Å². The van der Waals surface area contributed by atoms with Crippen LogP contribution in [0.5, 0.6) is 5.75 Å². The number of hydrogen-bond acceptors (Lipinski definition) is 3. The number of aryl methyl sites for hydroxylation is 1. The summed E-state index contributed by atoms with van der Waals surface area (Å²) in [5.41, 5.74) is 2.90. The van der Waals surface area contributed by atoms with Crippen molar-refractivity contribution in [2.75, 3.05) is 6.61 Å². The Labute approximate surface area is 138 Å². The van der Waals surface area contributed by atoms with E-state index in [-0.39, 0.29) is 5.56 Å². The number of benzene rings is 2. The van der Waals surface area contributed by atoms with E-state index in [1.807, 2.05) is 62.4 Å². The Hall–Kier alpha value is -3.08. The van der Waals surface area contributed by atoms with Gasteiger partial charge in [-0.25, -0.2) is 0 Å². The lowest BCUT2D eigenvalue weighted by Crippen LogP contribution is -2.22. The molecule has 0 unspecified atom stereocenters. The first-order valence-electron chi connectivity index (χ1n) is 7.92. The Balaban J connectivity index is 1.95. The number of aromatic nitrogens is 3. The molecule has 24 heavy (non-hydrogen) atoms. The molecule has 0 fully saturated rings. The third-order valence-electron chi connectivity index (χ3n) is 4.12. The van der Waals surface area contributed by atoms with Crippen LogP contribution in [-0.2, 0) is 0 Å². The number of para-hydroxylation sites is 1. The van der Waals surface area contributed by atoms with Gasteiger partial charge in [-0.2, -0.15) is 9.78 Å². The second-order valence-corrected chi connectivity index (χ2v) is 5.65. The Morgan fingerprint density at radius 2 is 1.88 bits per heavy atom. The lowest BCUT2D eigenvalue weighted by molar-refractivity contribution is 0.340. The smallest absolute Gasteiger partial charge is 0.295 e. The number of rotatable bonds is 3. The van der Waals surface area contributed by atoms with Crippen LogP contribution in [0.2, 0.25) is 0 Å². The fourth-order valence-electron chi connectivity index (χ4n) is 3.05. The van der Waals surface area contributed by atoms with Crippen LogP contribution in [0.1, 0.15) is 12.6 Å². The summed E-state index contributed by atoms with van der Waals surface area (Å²) in [6, 6.07) is 15.3. The maximum absolute atomic E-state index is 12.9. The summed E-state index contributed by atoms with van der Waals surface area (Å²) in [5.74, 6) is 0.776. The van der Waals surface area contributed by atoms with Crippen LogP contribution in [0.25, 0.3) is 27.5 Å². The lowest BCUT2D eigenvalue weighted by atomic mass is 10.1. The van der Waals surface area contributed by atoms with Gasteiger partial charge in [0.05, 0.1) is 18.0 Å². The predicted molar refractivity (Wildman–Crippen MR) is 95.1 cm³/mol. The molecule has 0 amide bonds. The monoisotopic (exact) mass is 319 g/mol. The highest BCUT2D eigenvalue weighted by atomic mass is 16.5. The largest absolute Gasteiger partial charge is 0.494 e. The molecule has 0 aliphatic heterocycles. The van der Waals surface area contributed by atoms with Gasteiger partial charge < -0.3 is 9.72 Å². The first-order valence-corrected chi connectivity index (χ1v) is 7.92. The van der Waals surface area contributed by atoms with Crippen molar-refractivity contribution in [3.8, 4) is 11.4 Å². The van der Waals surface area contributed by atoms with Crippen molar-refractivity contribution in [3.05, 3.63) is 64.6 Å². The summed E-state index contributed by atoms with van der Waals surface area (Å²) in [6.45, 7) is 4.47. The van der Waals surface area contributed by atoms with Crippen molar-refractivity contribution < 1.29 is 4.74 Å². The second kappa shape index (κ2) is 5.53. The van der Waals surface area contributed by atoms with Gasteiger partial charge in [0.25, 0.3) is 5.56 Å². The van der Waals surface area contributed by atoms with Gasteiger partial charge in [0.2, 0.25) is 0 Å². The van der Waals surface area contributed by atoms with E-state index in [1.54, 1.807) is 0 Å². The molecule has 2 aromatic carbocycles. The molecule has 0 atom stereocenters. The molecule has 0 saturated carbocycles. The van der Waals surface area contributed by atoms with Gasteiger partial charge in [0.15, 0.2) is 0 Å². The topological polar surface area (TPSA) is 59.9 Å². The highest BCUT2D eigenvalue weighted by Gasteiger charge is 2.14. The van der Waals surface area contributed by atoms with Crippen LogP contribution < -0.4 is 10.3 Å². The average Bonchev–Trinajstić information content (AvgIpc) is 3.00. The van der Waals surface area contributed by atoms with Crippen molar-refractivity contribution in [3.63, 3.8) is 0 Å². The van der Waals surface area contributed by atoms with Gasteiger partial charge in [0.1, 0.15) is 11.3 Å². The van der Waals surface area contributed by atoms with Crippen LogP contribution in [-0.4, -0.2) is 21.4 Å². The number of nitrogens with one attached hydrogen (secondary N) is 1. The van der Waals surface area contributed by atoms with E-state index in [1.165, 1.54) is 4.68 Å². The molecule has 120 valence electrons. The summed E-state index contributed by atoms with van der Waals surface area (Å²) in [5, 5.41) is 6.42. The van der Waals surface area contributed by atoms with Gasteiger partial charge in [-0.1, -0.05) is 18.2 Å². The number of aromatic amines is 1. The first kappa shape index (κ1) is 14.5. The Kier molecular flexibility index (Phi) is 3.34. The SMILES string of the molecule is CCOc1ccc(-n2nc(C)c3c([nH]c4ccccc43)c2=O)cc1. The van der Waals surface area contributed by atoms with E-state index < -0.39 is 0 Å². The summed E-state index contributed by atoms with van der Waals surface area (Å²) in [6.07, 6.45) is 0. The van der Waals surface area contributed by atoms with Crippen molar-refractivity contribution >= 4 is 21.8 Å². The van der Waals surface area contributed by atoms with E-state index in [2.05, 4.69) is 10.1 Å². The quantitative estimate of drug-likeness (QED) is 0.628. The van der Waals surface area contributed by atoms with Crippen molar-refractivity contribution in [2.24, 2.45) is 0 Å². The Morgan fingerprint density at radius 3 is 2.62 bits per heavy atom. The van der Waals surface area contributed by atoms with E-state index in [0.29, 0.717) is 17.8 Å². The third kappa shape index (κ3) is 2.17. The van der Waals surface area contributed by atoms with Crippen LogP contribution in [0.3, 0.4) is 0 Å². The molecular weight excluding hydrogens is 302 g/mol. The molecule has 5 heteroatoms. The molecule has 0 saturated heterocycles. The van der Waals surface area contributed by atoms with Gasteiger partial charge in [-0.3, -0.25) is 4.79 Å². The number of nitrogens with zero attached hydrogens (tertiary/aromatic N) is 2. The number of ether oxygens (including phenoxy) is 1.